The Morgan fingerprint density at radius 3 is 2.60 bits per heavy atom. The van der Waals surface area contributed by atoms with Crippen molar-refractivity contribution in [3.05, 3.63) is 45.4 Å². The maximum absolute atomic E-state index is 12.1. The van der Waals surface area contributed by atoms with Crippen molar-refractivity contribution in [3.63, 3.8) is 0 Å². The van der Waals surface area contributed by atoms with Crippen LogP contribution < -0.4 is 11.1 Å². The molecule has 0 aliphatic heterocycles. The maximum Gasteiger partial charge on any atom is 0.275 e. The molecule has 0 atom stereocenters. The predicted octanol–water partition coefficient (Wildman–Crippen LogP) is 2.94. The molecule has 0 unspecified atom stereocenters. The van der Waals surface area contributed by atoms with Crippen LogP contribution in [-0.4, -0.2) is 17.4 Å². The van der Waals surface area contributed by atoms with E-state index in [4.69, 9.17) is 5.73 Å². The number of aryl methyl sites for hydroxylation is 2. The number of halogens is 1. The number of nitrogens with one attached hydrogen (secondary N) is 1. The summed E-state index contributed by atoms with van der Waals surface area (Å²) in [4.78, 5) is 16.4. The molecule has 0 aliphatic carbocycles. The number of hydrogen-bond acceptors (Lipinski definition) is 4. The van der Waals surface area contributed by atoms with Gasteiger partial charge in [-0.1, -0.05) is 18.2 Å². The van der Waals surface area contributed by atoms with Crippen molar-refractivity contribution in [2.75, 3.05) is 11.9 Å². The topological polar surface area (TPSA) is 68.0 Å². The van der Waals surface area contributed by atoms with E-state index in [1.165, 1.54) is 11.3 Å². The van der Waals surface area contributed by atoms with E-state index in [1.807, 2.05) is 32.0 Å². The summed E-state index contributed by atoms with van der Waals surface area (Å²) in [6.07, 6.45) is 0.710. The van der Waals surface area contributed by atoms with Crippen LogP contribution in [-0.2, 0) is 6.42 Å². The van der Waals surface area contributed by atoms with Gasteiger partial charge >= 0.3 is 0 Å². The van der Waals surface area contributed by atoms with Crippen molar-refractivity contribution in [3.8, 4) is 0 Å². The average Bonchev–Trinajstić information content (AvgIpc) is 2.83. The third-order valence-corrected chi connectivity index (χ3v) is 3.77. The van der Waals surface area contributed by atoms with Gasteiger partial charge in [0, 0.05) is 17.5 Å². The second-order valence-corrected chi connectivity index (χ2v) is 5.33. The van der Waals surface area contributed by atoms with E-state index < -0.39 is 0 Å². The summed E-state index contributed by atoms with van der Waals surface area (Å²) < 4.78 is 0. The lowest BCUT2D eigenvalue weighted by Gasteiger charge is -2.10. The molecule has 3 N–H and O–H groups in total. The number of rotatable bonds is 4. The number of para-hydroxylation sites is 1. The summed E-state index contributed by atoms with van der Waals surface area (Å²) in [7, 11) is 0. The molecule has 0 radical (unpaired) electrons. The van der Waals surface area contributed by atoms with Crippen LogP contribution in [0.15, 0.2) is 23.6 Å². The van der Waals surface area contributed by atoms with Crippen LogP contribution in [0.5, 0.6) is 0 Å². The molecule has 4 nitrogen and oxygen atoms in total. The number of benzene rings is 1. The van der Waals surface area contributed by atoms with Crippen LogP contribution in [0.25, 0.3) is 0 Å². The standard InChI is InChI=1S/C14H17N3OS.ClH/c1-9-4-3-5-10(2)13(9)17-14(18)11-8-19-12(16-11)6-7-15;/h3-5,8H,6-7,15H2,1-2H3,(H,17,18);1H. The zero-order chi connectivity index (χ0) is 13.8. The van der Waals surface area contributed by atoms with Gasteiger partial charge in [-0.05, 0) is 31.5 Å². The smallest absolute Gasteiger partial charge is 0.275 e. The summed E-state index contributed by atoms with van der Waals surface area (Å²) in [5.74, 6) is -0.170. The maximum atomic E-state index is 12.1. The Bertz CT molecular complexity index is 578. The number of carbonyl (C=O) groups is 1. The van der Waals surface area contributed by atoms with Crippen LogP contribution in [0.2, 0.25) is 0 Å². The van der Waals surface area contributed by atoms with Crippen molar-refractivity contribution >= 4 is 35.3 Å². The predicted molar refractivity (Wildman–Crippen MR) is 86.0 cm³/mol. The Morgan fingerprint density at radius 1 is 1.35 bits per heavy atom. The first-order valence-electron chi connectivity index (χ1n) is 6.14. The highest BCUT2D eigenvalue weighted by molar-refractivity contribution is 7.09. The summed E-state index contributed by atoms with van der Waals surface area (Å²) in [6.45, 7) is 4.50. The van der Waals surface area contributed by atoms with Crippen LogP contribution in [0.3, 0.4) is 0 Å². The fraction of sp³-hybridized carbons (Fsp3) is 0.286. The molecule has 0 bridgehead atoms. The second kappa shape index (κ2) is 7.38. The van der Waals surface area contributed by atoms with Crippen LogP contribution in [0, 0.1) is 13.8 Å². The molecule has 20 heavy (non-hydrogen) atoms. The van der Waals surface area contributed by atoms with E-state index in [0.717, 1.165) is 21.8 Å². The highest BCUT2D eigenvalue weighted by Gasteiger charge is 2.12. The van der Waals surface area contributed by atoms with E-state index >= 15 is 0 Å². The van der Waals surface area contributed by atoms with E-state index in [1.54, 1.807) is 5.38 Å². The Hall–Kier alpha value is -1.43. The molecular formula is C14H18ClN3OS. The quantitative estimate of drug-likeness (QED) is 0.912. The molecule has 0 aliphatic rings. The zero-order valence-electron chi connectivity index (χ0n) is 11.5. The number of hydrogen-bond donors (Lipinski definition) is 2. The lowest BCUT2D eigenvalue weighted by atomic mass is 10.1. The minimum Gasteiger partial charge on any atom is -0.330 e. The lowest BCUT2D eigenvalue weighted by Crippen LogP contribution is -2.14. The van der Waals surface area contributed by atoms with Gasteiger partial charge in [-0.15, -0.1) is 23.7 Å². The molecule has 0 saturated heterocycles. The van der Waals surface area contributed by atoms with Crippen molar-refractivity contribution in [2.24, 2.45) is 5.73 Å². The average molecular weight is 312 g/mol. The number of nitrogens with two attached hydrogens (primary N) is 1. The van der Waals surface area contributed by atoms with Crippen molar-refractivity contribution in [2.45, 2.75) is 20.3 Å². The summed E-state index contributed by atoms with van der Waals surface area (Å²) in [5.41, 5.74) is 8.89. The highest BCUT2D eigenvalue weighted by Crippen LogP contribution is 2.20. The number of nitrogens with zero attached hydrogens (tertiary/aromatic N) is 1. The van der Waals surface area contributed by atoms with Crippen LogP contribution in [0.1, 0.15) is 26.6 Å². The molecule has 0 spiro atoms. The Labute approximate surface area is 128 Å². The molecular weight excluding hydrogens is 294 g/mol. The Morgan fingerprint density at radius 2 is 2.00 bits per heavy atom. The first-order valence-corrected chi connectivity index (χ1v) is 7.02. The van der Waals surface area contributed by atoms with Gasteiger partial charge in [0.25, 0.3) is 5.91 Å². The Balaban J connectivity index is 0.00000200. The van der Waals surface area contributed by atoms with Gasteiger partial charge < -0.3 is 11.1 Å². The monoisotopic (exact) mass is 311 g/mol. The number of anilines is 1. The number of thiazole rings is 1. The first kappa shape index (κ1) is 16.6. The third kappa shape index (κ3) is 3.79. The molecule has 108 valence electrons. The minimum atomic E-state index is -0.170. The van der Waals surface area contributed by atoms with Gasteiger partial charge in [0.15, 0.2) is 0 Å². The Kier molecular flexibility index (Phi) is 6.13. The SMILES string of the molecule is Cc1cccc(C)c1NC(=O)c1csc(CCN)n1.Cl. The number of aromatic nitrogens is 1. The van der Waals surface area contributed by atoms with Crippen molar-refractivity contribution < 1.29 is 4.79 Å². The van der Waals surface area contributed by atoms with E-state index in [9.17, 15) is 4.79 Å². The summed E-state index contributed by atoms with van der Waals surface area (Å²) in [5, 5.41) is 5.59. The molecule has 1 amide bonds. The highest BCUT2D eigenvalue weighted by atomic mass is 35.5. The van der Waals surface area contributed by atoms with E-state index in [0.29, 0.717) is 18.7 Å². The van der Waals surface area contributed by atoms with Gasteiger partial charge in [0.05, 0.1) is 5.01 Å². The van der Waals surface area contributed by atoms with Gasteiger partial charge in [0.2, 0.25) is 0 Å². The molecule has 0 fully saturated rings. The minimum absolute atomic E-state index is 0. The first-order chi connectivity index (χ1) is 9.11. The van der Waals surface area contributed by atoms with E-state index in [2.05, 4.69) is 10.3 Å². The molecule has 2 aromatic rings. The van der Waals surface area contributed by atoms with Gasteiger partial charge in [0.1, 0.15) is 5.69 Å². The fourth-order valence-corrected chi connectivity index (χ4v) is 2.64. The fourth-order valence-electron chi connectivity index (χ4n) is 1.84. The molecule has 0 saturated carbocycles. The van der Waals surface area contributed by atoms with Crippen molar-refractivity contribution in [1.29, 1.82) is 0 Å². The van der Waals surface area contributed by atoms with E-state index in [-0.39, 0.29) is 18.3 Å². The molecule has 2 rings (SSSR count). The normalized spacial score (nSPS) is 9.95. The van der Waals surface area contributed by atoms with Crippen LogP contribution >= 0.6 is 23.7 Å². The molecule has 6 heteroatoms. The van der Waals surface area contributed by atoms with Gasteiger partial charge in [-0.3, -0.25) is 4.79 Å². The molecule has 1 aromatic carbocycles. The van der Waals surface area contributed by atoms with Crippen molar-refractivity contribution in [1.82, 2.24) is 4.98 Å². The zero-order valence-corrected chi connectivity index (χ0v) is 13.1. The summed E-state index contributed by atoms with van der Waals surface area (Å²) in [6, 6.07) is 5.93. The molecule has 1 aromatic heterocycles. The number of amides is 1. The van der Waals surface area contributed by atoms with Gasteiger partial charge in [-0.2, -0.15) is 0 Å². The largest absolute Gasteiger partial charge is 0.330 e. The lowest BCUT2D eigenvalue weighted by molar-refractivity contribution is 0.102. The second-order valence-electron chi connectivity index (χ2n) is 4.39. The number of carbonyl (C=O) groups excluding carboxylic acids is 1. The van der Waals surface area contributed by atoms with Gasteiger partial charge in [-0.25, -0.2) is 4.98 Å². The summed E-state index contributed by atoms with van der Waals surface area (Å²) >= 11 is 1.47. The third-order valence-electron chi connectivity index (χ3n) is 2.86. The van der Waals surface area contributed by atoms with Crippen LogP contribution in [0.4, 0.5) is 5.69 Å². The molecule has 1 heterocycles.